The SMILES string of the molecule is c1ccc(-c2ccc(N(c3ccc(-c4ccc5ccc6c(-c7ccc(-c8cccc9c8oc8ccccc89)cc7)ccc7ccc4c5c76)cc3)c3cccnc3)cc2)cc1. The van der Waals surface area contributed by atoms with Crippen LogP contribution in [0.25, 0.3) is 98.8 Å². The Morgan fingerprint density at radius 2 is 0.867 bits per heavy atom. The first-order valence-corrected chi connectivity index (χ1v) is 20.4. The maximum Gasteiger partial charge on any atom is 0.143 e. The maximum absolute atomic E-state index is 6.38. The van der Waals surface area contributed by atoms with E-state index in [2.05, 4.69) is 198 Å². The number of hydrogen-bond donors (Lipinski definition) is 0. The lowest BCUT2D eigenvalue weighted by Gasteiger charge is -2.25. The fourth-order valence-electron chi connectivity index (χ4n) is 9.27. The van der Waals surface area contributed by atoms with E-state index in [1.165, 1.54) is 65.7 Å². The Morgan fingerprint density at radius 1 is 0.333 bits per heavy atom. The summed E-state index contributed by atoms with van der Waals surface area (Å²) in [4.78, 5) is 6.74. The largest absolute Gasteiger partial charge is 0.455 e. The zero-order chi connectivity index (χ0) is 39.6. The molecular formula is C57H36N2O. The molecule has 0 spiro atoms. The first-order chi connectivity index (χ1) is 29.7. The van der Waals surface area contributed by atoms with Crippen molar-refractivity contribution >= 4 is 71.3 Å². The zero-order valence-corrected chi connectivity index (χ0v) is 32.6. The number of hydrogen-bond acceptors (Lipinski definition) is 3. The molecule has 10 aromatic carbocycles. The van der Waals surface area contributed by atoms with E-state index in [-0.39, 0.29) is 0 Å². The summed E-state index contributed by atoms with van der Waals surface area (Å²) in [5.41, 5.74) is 14.5. The molecule has 3 nitrogen and oxygen atoms in total. The molecule has 0 radical (unpaired) electrons. The second-order valence-corrected chi connectivity index (χ2v) is 15.5. The topological polar surface area (TPSA) is 29.3 Å². The van der Waals surface area contributed by atoms with Crippen LogP contribution in [0.4, 0.5) is 17.1 Å². The van der Waals surface area contributed by atoms with Gasteiger partial charge in [-0.3, -0.25) is 4.98 Å². The van der Waals surface area contributed by atoms with Crippen molar-refractivity contribution in [3.05, 3.63) is 219 Å². The minimum absolute atomic E-state index is 0.916. The van der Waals surface area contributed by atoms with Crippen molar-refractivity contribution in [1.29, 1.82) is 0 Å². The Bertz CT molecular complexity index is 3500. The van der Waals surface area contributed by atoms with Gasteiger partial charge in [-0.1, -0.05) is 164 Å². The fraction of sp³-hybridized carbons (Fsp3) is 0. The summed E-state index contributed by atoms with van der Waals surface area (Å²) in [7, 11) is 0. The van der Waals surface area contributed by atoms with Gasteiger partial charge in [-0.15, -0.1) is 0 Å². The van der Waals surface area contributed by atoms with Crippen molar-refractivity contribution in [2.75, 3.05) is 4.90 Å². The summed E-state index contributed by atoms with van der Waals surface area (Å²) in [6, 6.07) is 74.3. The molecule has 0 saturated heterocycles. The van der Waals surface area contributed by atoms with E-state index in [1.807, 2.05) is 30.6 Å². The molecule has 0 unspecified atom stereocenters. The van der Waals surface area contributed by atoms with Gasteiger partial charge < -0.3 is 9.32 Å². The summed E-state index contributed by atoms with van der Waals surface area (Å²) in [5.74, 6) is 0. The van der Waals surface area contributed by atoms with Gasteiger partial charge in [0.15, 0.2) is 0 Å². The highest BCUT2D eigenvalue weighted by Crippen LogP contribution is 2.44. The Morgan fingerprint density at radius 3 is 1.50 bits per heavy atom. The number of benzene rings is 10. The number of nitrogens with zero attached hydrogens (tertiary/aromatic N) is 2. The van der Waals surface area contributed by atoms with E-state index >= 15 is 0 Å². The lowest BCUT2D eigenvalue weighted by Crippen LogP contribution is -2.10. The van der Waals surface area contributed by atoms with Crippen LogP contribution in [0.15, 0.2) is 223 Å². The molecule has 2 aromatic heterocycles. The molecule has 2 heterocycles. The van der Waals surface area contributed by atoms with Crippen molar-refractivity contribution in [3.8, 4) is 44.5 Å². The van der Waals surface area contributed by atoms with Gasteiger partial charge in [-0.05, 0) is 114 Å². The summed E-state index contributed by atoms with van der Waals surface area (Å²) < 4.78 is 6.38. The van der Waals surface area contributed by atoms with Crippen LogP contribution in [0.5, 0.6) is 0 Å². The van der Waals surface area contributed by atoms with Gasteiger partial charge in [0.2, 0.25) is 0 Å². The third-order valence-corrected chi connectivity index (χ3v) is 12.1. The second kappa shape index (κ2) is 13.8. The Labute approximate surface area is 347 Å². The van der Waals surface area contributed by atoms with Crippen LogP contribution in [0.1, 0.15) is 0 Å². The van der Waals surface area contributed by atoms with Crippen LogP contribution in [0.2, 0.25) is 0 Å². The van der Waals surface area contributed by atoms with Crippen LogP contribution in [0, 0.1) is 0 Å². The fourth-order valence-corrected chi connectivity index (χ4v) is 9.27. The van der Waals surface area contributed by atoms with Crippen molar-refractivity contribution < 1.29 is 4.42 Å². The van der Waals surface area contributed by atoms with Crippen LogP contribution in [-0.2, 0) is 0 Å². The summed E-state index contributed by atoms with van der Waals surface area (Å²) in [5, 5.41) is 9.91. The average Bonchev–Trinajstić information content (AvgIpc) is 3.71. The lowest BCUT2D eigenvalue weighted by molar-refractivity contribution is 0.670. The van der Waals surface area contributed by atoms with Gasteiger partial charge in [0.1, 0.15) is 11.2 Å². The van der Waals surface area contributed by atoms with E-state index < -0.39 is 0 Å². The van der Waals surface area contributed by atoms with E-state index in [4.69, 9.17) is 4.42 Å². The molecule has 3 heteroatoms. The van der Waals surface area contributed by atoms with Crippen LogP contribution < -0.4 is 4.90 Å². The number of pyridine rings is 1. The zero-order valence-electron chi connectivity index (χ0n) is 32.6. The van der Waals surface area contributed by atoms with Crippen LogP contribution in [0.3, 0.4) is 0 Å². The number of fused-ring (bicyclic) bond motifs is 3. The summed E-state index contributed by atoms with van der Waals surface area (Å²) >= 11 is 0. The first-order valence-electron chi connectivity index (χ1n) is 20.4. The summed E-state index contributed by atoms with van der Waals surface area (Å²) in [6.45, 7) is 0. The molecule has 60 heavy (non-hydrogen) atoms. The second-order valence-electron chi connectivity index (χ2n) is 15.5. The third kappa shape index (κ3) is 5.55. The third-order valence-electron chi connectivity index (χ3n) is 12.1. The Hall–Kier alpha value is -8.01. The van der Waals surface area contributed by atoms with Gasteiger partial charge >= 0.3 is 0 Å². The van der Waals surface area contributed by atoms with Gasteiger partial charge in [-0.25, -0.2) is 0 Å². The molecule has 0 amide bonds. The predicted octanol–water partition coefficient (Wildman–Crippen LogP) is 16.0. The highest BCUT2D eigenvalue weighted by Gasteiger charge is 2.18. The van der Waals surface area contributed by atoms with Crippen molar-refractivity contribution in [2.24, 2.45) is 0 Å². The van der Waals surface area contributed by atoms with Crippen LogP contribution >= 0.6 is 0 Å². The molecule has 0 fully saturated rings. The standard InChI is InChI=1S/C57H36N2O/c1-2-8-37(9-3-1)38-19-27-44(28-20-38)59(46-10-7-35-58-36-46)45-29-21-40(22-30-45)48-32-24-43-25-33-51-47(31-23-42-26-34-52(48)56(43)55(42)51)39-15-17-41(18-16-39)49-12-6-13-53-50-11-4-5-14-54(50)60-57(49)53/h1-36H. The average molecular weight is 765 g/mol. The van der Waals surface area contributed by atoms with Crippen LogP contribution in [-0.4, -0.2) is 4.98 Å². The van der Waals surface area contributed by atoms with Gasteiger partial charge in [0.25, 0.3) is 0 Å². The quantitative estimate of drug-likeness (QED) is 0.151. The maximum atomic E-state index is 6.38. The molecule has 280 valence electrons. The van der Waals surface area contributed by atoms with Gasteiger partial charge in [0, 0.05) is 33.9 Å². The molecule has 0 bridgehead atoms. The van der Waals surface area contributed by atoms with Crippen molar-refractivity contribution in [3.63, 3.8) is 0 Å². The Balaban J connectivity index is 0.913. The molecular weight excluding hydrogens is 729 g/mol. The highest BCUT2D eigenvalue weighted by atomic mass is 16.3. The minimum atomic E-state index is 0.916. The molecule has 0 aliphatic rings. The van der Waals surface area contributed by atoms with E-state index in [9.17, 15) is 0 Å². The number of furan rings is 1. The van der Waals surface area contributed by atoms with E-state index in [0.717, 1.165) is 50.1 Å². The number of aromatic nitrogens is 1. The minimum Gasteiger partial charge on any atom is -0.455 e. The monoisotopic (exact) mass is 764 g/mol. The number of anilines is 3. The predicted molar refractivity (Wildman–Crippen MR) is 252 cm³/mol. The normalized spacial score (nSPS) is 11.7. The molecule has 12 rings (SSSR count). The summed E-state index contributed by atoms with van der Waals surface area (Å²) in [6.07, 6.45) is 3.74. The smallest absolute Gasteiger partial charge is 0.143 e. The van der Waals surface area contributed by atoms with Gasteiger partial charge in [-0.2, -0.15) is 0 Å². The molecule has 0 atom stereocenters. The number of para-hydroxylation sites is 2. The molecule has 12 aromatic rings. The molecule has 0 N–H and O–H groups in total. The highest BCUT2D eigenvalue weighted by molar-refractivity contribution is 6.27. The molecule has 0 aliphatic heterocycles. The molecule has 0 aliphatic carbocycles. The van der Waals surface area contributed by atoms with Crippen molar-refractivity contribution in [1.82, 2.24) is 4.98 Å². The molecule has 0 saturated carbocycles. The number of rotatable bonds is 7. The van der Waals surface area contributed by atoms with E-state index in [0.29, 0.717) is 0 Å². The lowest BCUT2D eigenvalue weighted by atomic mass is 9.87. The van der Waals surface area contributed by atoms with Crippen molar-refractivity contribution in [2.45, 2.75) is 0 Å². The van der Waals surface area contributed by atoms with Gasteiger partial charge in [0.05, 0.1) is 11.9 Å². The Kier molecular flexibility index (Phi) is 7.85. The van der Waals surface area contributed by atoms with E-state index in [1.54, 1.807) is 0 Å². The first kappa shape index (κ1) is 34.1.